The number of benzene rings is 1. The minimum Gasteiger partial charge on any atom is -0.346 e. The van der Waals surface area contributed by atoms with E-state index in [1.165, 1.54) is 0 Å². The maximum Gasteiger partial charge on any atom is 0.281 e. The van der Waals surface area contributed by atoms with Gasteiger partial charge in [0.15, 0.2) is 5.13 Å². The van der Waals surface area contributed by atoms with Crippen molar-refractivity contribution in [2.75, 3.05) is 11.4 Å². The van der Waals surface area contributed by atoms with E-state index in [4.69, 9.17) is 0 Å². The fourth-order valence-corrected chi connectivity index (χ4v) is 3.10. The highest BCUT2D eigenvalue weighted by Gasteiger charge is 2.13. The van der Waals surface area contributed by atoms with Gasteiger partial charge in [0.25, 0.3) is 5.56 Å². The number of hydrogen-bond acceptors (Lipinski definition) is 4. The molecule has 0 radical (unpaired) electrons. The molecule has 0 N–H and O–H groups in total. The Balaban J connectivity index is 2.54. The first-order valence-electron chi connectivity index (χ1n) is 6.30. The first-order chi connectivity index (χ1) is 8.63. The molecule has 0 saturated carbocycles. The summed E-state index contributed by atoms with van der Waals surface area (Å²) in [5.41, 5.74) is -0.124. The highest BCUT2D eigenvalue weighted by molar-refractivity contribution is 7.21. The number of hydrogen-bond donors (Lipinski definition) is 0. The third kappa shape index (κ3) is 2.53. The van der Waals surface area contributed by atoms with Crippen molar-refractivity contribution in [2.24, 2.45) is 0 Å². The number of anilines is 1. The van der Waals surface area contributed by atoms with Crippen molar-refractivity contribution < 1.29 is 0 Å². The van der Waals surface area contributed by atoms with E-state index in [2.05, 4.69) is 30.7 Å². The Hall–Kier alpha value is -1.42. The first-order valence-corrected chi connectivity index (χ1v) is 7.11. The summed E-state index contributed by atoms with van der Waals surface area (Å²) in [5, 5.41) is 1.54. The van der Waals surface area contributed by atoms with Crippen LogP contribution in [-0.4, -0.2) is 17.6 Å². The van der Waals surface area contributed by atoms with Crippen molar-refractivity contribution in [1.29, 1.82) is 0 Å². The van der Waals surface area contributed by atoms with Crippen LogP contribution in [0.4, 0.5) is 5.13 Å². The molecule has 0 unspecified atom stereocenters. The summed E-state index contributed by atoms with van der Waals surface area (Å²) in [5.74, 6) is 0. The molecule has 0 saturated heterocycles. The second kappa shape index (κ2) is 5.48. The maximum absolute atomic E-state index is 12.0. The van der Waals surface area contributed by atoms with E-state index >= 15 is 0 Å². The van der Waals surface area contributed by atoms with Gasteiger partial charge >= 0.3 is 0 Å². The fraction of sp³-hybridized carbons (Fsp3) is 0.429. The van der Waals surface area contributed by atoms with Crippen LogP contribution in [0.5, 0.6) is 0 Å². The van der Waals surface area contributed by atoms with Gasteiger partial charge in [-0.2, -0.15) is 4.98 Å². The van der Waals surface area contributed by atoms with Gasteiger partial charge in [0.2, 0.25) is 0 Å². The second-order valence-electron chi connectivity index (χ2n) is 4.58. The summed E-state index contributed by atoms with van der Waals surface area (Å²) in [4.78, 5) is 18.4. The molecule has 0 atom stereocenters. The SMILES string of the molecule is CCCN(c1nc(=O)c2ccccc2s1)C(C)C. The van der Waals surface area contributed by atoms with Crippen molar-refractivity contribution in [3.05, 3.63) is 34.6 Å². The van der Waals surface area contributed by atoms with Crippen LogP contribution in [0.1, 0.15) is 27.2 Å². The standard InChI is InChI=1S/C14H18N2OS/c1-4-9-16(10(2)3)14-15-13(17)11-7-5-6-8-12(11)18-14/h5-8,10H,4,9H2,1-3H3. The van der Waals surface area contributed by atoms with Crippen molar-refractivity contribution in [3.8, 4) is 0 Å². The number of rotatable bonds is 4. The van der Waals surface area contributed by atoms with Gasteiger partial charge < -0.3 is 4.90 Å². The smallest absolute Gasteiger partial charge is 0.281 e. The summed E-state index contributed by atoms with van der Waals surface area (Å²) < 4.78 is 1.01. The lowest BCUT2D eigenvalue weighted by molar-refractivity contribution is 0.667. The van der Waals surface area contributed by atoms with Crippen LogP contribution >= 0.6 is 11.3 Å². The van der Waals surface area contributed by atoms with Crippen LogP contribution < -0.4 is 10.5 Å². The molecule has 1 heterocycles. The molecule has 3 nitrogen and oxygen atoms in total. The summed E-state index contributed by atoms with van der Waals surface area (Å²) >= 11 is 1.59. The zero-order valence-electron chi connectivity index (χ0n) is 11.0. The largest absolute Gasteiger partial charge is 0.346 e. The van der Waals surface area contributed by atoms with Gasteiger partial charge in [0.05, 0.1) is 5.39 Å². The Labute approximate surface area is 111 Å². The van der Waals surface area contributed by atoms with E-state index in [1.807, 2.05) is 24.3 Å². The Morgan fingerprint density at radius 3 is 2.72 bits per heavy atom. The van der Waals surface area contributed by atoms with Gasteiger partial charge in [-0.15, -0.1) is 0 Å². The molecule has 0 bridgehead atoms. The Morgan fingerprint density at radius 2 is 2.06 bits per heavy atom. The van der Waals surface area contributed by atoms with Gasteiger partial charge in [-0.1, -0.05) is 30.4 Å². The van der Waals surface area contributed by atoms with Crippen LogP contribution in [-0.2, 0) is 0 Å². The molecule has 0 aliphatic rings. The molecular formula is C14H18N2OS. The molecule has 2 rings (SSSR count). The zero-order chi connectivity index (χ0) is 13.1. The molecule has 2 aromatic rings. The van der Waals surface area contributed by atoms with Gasteiger partial charge in [-0.3, -0.25) is 4.79 Å². The fourth-order valence-electron chi connectivity index (χ4n) is 1.94. The molecule has 4 heteroatoms. The predicted molar refractivity (Wildman–Crippen MR) is 78.7 cm³/mol. The van der Waals surface area contributed by atoms with E-state index in [9.17, 15) is 4.79 Å². The van der Waals surface area contributed by atoms with Gasteiger partial charge in [-0.05, 0) is 32.4 Å². The van der Waals surface area contributed by atoms with Crippen molar-refractivity contribution in [2.45, 2.75) is 33.2 Å². The molecule has 1 aromatic heterocycles. The van der Waals surface area contributed by atoms with Gasteiger partial charge in [0, 0.05) is 17.3 Å². The lowest BCUT2D eigenvalue weighted by Crippen LogP contribution is -2.32. The van der Waals surface area contributed by atoms with Crippen molar-refractivity contribution >= 4 is 26.6 Å². The third-order valence-electron chi connectivity index (χ3n) is 2.85. The van der Waals surface area contributed by atoms with E-state index in [1.54, 1.807) is 11.3 Å². The zero-order valence-corrected chi connectivity index (χ0v) is 11.8. The van der Waals surface area contributed by atoms with Crippen LogP contribution in [0.25, 0.3) is 10.1 Å². The highest BCUT2D eigenvalue weighted by atomic mass is 32.1. The van der Waals surface area contributed by atoms with Crippen molar-refractivity contribution in [1.82, 2.24) is 4.98 Å². The molecule has 0 amide bonds. The highest BCUT2D eigenvalue weighted by Crippen LogP contribution is 2.25. The van der Waals surface area contributed by atoms with Gasteiger partial charge in [0.1, 0.15) is 0 Å². The molecular weight excluding hydrogens is 244 g/mol. The average Bonchev–Trinajstić information content (AvgIpc) is 2.35. The number of aromatic nitrogens is 1. The molecule has 0 aliphatic heterocycles. The molecule has 0 fully saturated rings. The summed E-state index contributed by atoms with van der Waals surface area (Å²) in [6, 6.07) is 8.02. The van der Waals surface area contributed by atoms with E-state index < -0.39 is 0 Å². The molecule has 96 valence electrons. The second-order valence-corrected chi connectivity index (χ2v) is 5.59. The van der Waals surface area contributed by atoms with Crippen LogP contribution in [0.15, 0.2) is 29.1 Å². The number of fused-ring (bicyclic) bond motifs is 1. The van der Waals surface area contributed by atoms with Gasteiger partial charge in [-0.25, -0.2) is 0 Å². The summed E-state index contributed by atoms with van der Waals surface area (Å²) in [6.45, 7) is 7.33. The van der Waals surface area contributed by atoms with Crippen LogP contribution in [0.3, 0.4) is 0 Å². The van der Waals surface area contributed by atoms with Crippen LogP contribution in [0, 0.1) is 0 Å². The minimum atomic E-state index is -0.124. The topological polar surface area (TPSA) is 33.2 Å². The summed E-state index contributed by atoms with van der Waals surface area (Å²) in [7, 11) is 0. The van der Waals surface area contributed by atoms with Crippen molar-refractivity contribution in [3.63, 3.8) is 0 Å². The minimum absolute atomic E-state index is 0.124. The Morgan fingerprint density at radius 1 is 1.33 bits per heavy atom. The quantitative estimate of drug-likeness (QED) is 0.847. The number of nitrogens with zero attached hydrogens (tertiary/aromatic N) is 2. The predicted octanol–water partition coefficient (Wildman–Crippen LogP) is 3.28. The average molecular weight is 262 g/mol. The Kier molecular flexibility index (Phi) is 3.97. The van der Waals surface area contributed by atoms with E-state index in [0.717, 1.165) is 22.8 Å². The maximum atomic E-state index is 12.0. The lowest BCUT2D eigenvalue weighted by Gasteiger charge is -2.26. The summed E-state index contributed by atoms with van der Waals surface area (Å²) in [6.07, 6.45) is 1.05. The third-order valence-corrected chi connectivity index (χ3v) is 3.93. The molecule has 1 aromatic carbocycles. The normalized spacial score (nSPS) is 11.1. The lowest BCUT2D eigenvalue weighted by atomic mass is 10.3. The molecule has 0 aliphatic carbocycles. The molecule has 0 spiro atoms. The van der Waals surface area contributed by atoms with E-state index in [-0.39, 0.29) is 5.56 Å². The van der Waals surface area contributed by atoms with Crippen LogP contribution in [0.2, 0.25) is 0 Å². The first kappa shape index (κ1) is 13.0. The Bertz CT molecular complexity index is 592. The van der Waals surface area contributed by atoms with E-state index in [0.29, 0.717) is 11.4 Å². The monoisotopic (exact) mass is 262 g/mol. The molecule has 18 heavy (non-hydrogen) atoms.